The van der Waals surface area contributed by atoms with E-state index in [1.807, 2.05) is 13.0 Å². The maximum atomic E-state index is 10.2. The Morgan fingerprint density at radius 2 is 2.00 bits per heavy atom. The van der Waals surface area contributed by atoms with Gasteiger partial charge in [-0.3, -0.25) is 0 Å². The Morgan fingerprint density at radius 1 is 1.32 bits per heavy atom. The third kappa shape index (κ3) is 2.93. The van der Waals surface area contributed by atoms with E-state index in [9.17, 15) is 5.11 Å². The number of benzene rings is 1. The summed E-state index contributed by atoms with van der Waals surface area (Å²) < 4.78 is 0. The molecule has 3 unspecified atom stereocenters. The highest BCUT2D eigenvalue weighted by Gasteiger charge is 2.32. The van der Waals surface area contributed by atoms with Crippen molar-refractivity contribution in [1.82, 2.24) is 4.90 Å². The second-order valence-electron chi connectivity index (χ2n) is 5.90. The van der Waals surface area contributed by atoms with Crippen molar-refractivity contribution < 1.29 is 5.11 Å². The molecule has 0 aliphatic carbocycles. The van der Waals surface area contributed by atoms with Crippen LogP contribution in [-0.2, 0) is 0 Å². The summed E-state index contributed by atoms with van der Waals surface area (Å²) in [6.45, 7) is 6.44. The molecule has 0 bridgehead atoms. The molecule has 3 heteroatoms. The van der Waals surface area contributed by atoms with E-state index in [-0.39, 0.29) is 6.10 Å². The molecule has 1 N–H and O–H groups in total. The highest BCUT2D eigenvalue weighted by atomic mass is 16.3. The minimum absolute atomic E-state index is 0.357. The van der Waals surface area contributed by atoms with E-state index in [0.717, 1.165) is 25.1 Å². The Bertz CT molecular complexity index is 419. The molecule has 1 aliphatic heterocycles. The molecule has 3 atom stereocenters. The van der Waals surface area contributed by atoms with Crippen LogP contribution in [0.5, 0.6) is 0 Å². The van der Waals surface area contributed by atoms with E-state index < -0.39 is 0 Å². The van der Waals surface area contributed by atoms with Gasteiger partial charge in [-0.05, 0) is 32.5 Å². The zero-order chi connectivity index (χ0) is 14.0. The summed E-state index contributed by atoms with van der Waals surface area (Å²) in [5, 5.41) is 10.2. The Hall–Kier alpha value is -1.06. The molecule has 0 radical (unpaired) electrons. The molecule has 1 heterocycles. The molecule has 1 fully saturated rings. The summed E-state index contributed by atoms with van der Waals surface area (Å²) in [6.07, 6.45) is 0.405. The maximum absolute atomic E-state index is 10.2. The minimum atomic E-state index is -0.357. The second-order valence-corrected chi connectivity index (χ2v) is 5.90. The molecule has 1 aliphatic rings. The zero-order valence-corrected chi connectivity index (χ0v) is 12.5. The highest BCUT2D eigenvalue weighted by molar-refractivity contribution is 5.55. The highest BCUT2D eigenvalue weighted by Crippen LogP contribution is 2.32. The number of nitrogens with zero attached hydrogens (tertiary/aromatic N) is 2. The van der Waals surface area contributed by atoms with Crippen molar-refractivity contribution in [1.29, 1.82) is 0 Å². The first-order valence-electron chi connectivity index (χ1n) is 7.23. The number of hydrogen-bond acceptors (Lipinski definition) is 3. The second kappa shape index (κ2) is 5.93. The van der Waals surface area contributed by atoms with Gasteiger partial charge in [-0.2, -0.15) is 0 Å². The fraction of sp³-hybridized carbons (Fsp3) is 0.625. The minimum Gasteiger partial charge on any atom is -0.388 e. The standard InChI is InChI=1S/C16H26N2O/c1-5-16(19)13-8-6-7-9-14(13)18-10-12(2)15(11-18)17(3)4/h6-9,12,15-16,19H,5,10-11H2,1-4H3. The smallest absolute Gasteiger partial charge is 0.0807 e. The van der Waals surface area contributed by atoms with E-state index in [4.69, 9.17) is 0 Å². The van der Waals surface area contributed by atoms with Crippen LogP contribution in [0.2, 0.25) is 0 Å². The van der Waals surface area contributed by atoms with Crippen LogP contribution in [-0.4, -0.2) is 43.2 Å². The van der Waals surface area contributed by atoms with Crippen molar-refractivity contribution in [3.05, 3.63) is 29.8 Å². The number of aliphatic hydroxyl groups is 1. The van der Waals surface area contributed by atoms with Crippen LogP contribution in [0.15, 0.2) is 24.3 Å². The predicted molar refractivity (Wildman–Crippen MR) is 80.5 cm³/mol. The topological polar surface area (TPSA) is 26.7 Å². The lowest BCUT2D eigenvalue weighted by atomic mass is 10.0. The molecule has 1 aromatic rings. The van der Waals surface area contributed by atoms with Gasteiger partial charge < -0.3 is 14.9 Å². The van der Waals surface area contributed by atoms with Gasteiger partial charge in [0, 0.05) is 30.4 Å². The van der Waals surface area contributed by atoms with Crippen molar-refractivity contribution in [2.45, 2.75) is 32.4 Å². The van der Waals surface area contributed by atoms with Gasteiger partial charge in [0.25, 0.3) is 0 Å². The maximum Gasteiger partial charge on any atom is 0.0807 e. The van der Waals surface area contributed by atoms with Gasteiger partial charge in [0.15, 0.2) is 0 Å². The quantitative estimate of drug-likeness (QED) is 0.903. The molecule has 2 rings (SSSR count). The van der Waals surface area contributed by atoms with Crippen LogP contribution in [0.25, 0.3) is 0 Å². The van der Waals surface area contributed by atoms with Gasteiger partial charge in [-0.15, -0.1) is 0 Å². The number of hydrogen-bond donors (Lipinski definition) is 1. The lowest BCUT2D eigenvalue weighted by molar-refractivity contribution is 0.174. The first-order valence-corrected chi connectivity index (χ1v) is 7.23. The Kier molecular flexibility index (Phi) is 4.48. The Balaban J connectivity index is 2.24. The van der Waals surface area contributed by atoms with E-state index in [1.165, 1.54) is 5.69 Å². The monoisotopic (exact) mass is 262 g/mol. The van der Waals surface area contributed by atoms with Gasteiger partial charge in [-0.25, -0.2) is 0 Å². The fourth-order valence-electron chi connectivity index (χ4n) is 3.10. The van der Waals surface area contributed by atoms with E-state index in [0.29, 0.717) is 12.0 Å². The molecule has 0 spiro atoms. The number of anilines is 1. The molecule has 0 saturated carbocycles. The summed E-state index contributed by atoms with van der Waals surface area (Å²) >= 11 is 0. The van der Waals surface area contributed by atoms with Crippen LogP contribution >= 0.6 is 0 Å². The lowest BCUT2D eigenvalue weighted by Gasteiger charge is -2.25. The van der Waals surface area contributed by atoms with E-state index in [2.05, 4.69) is 49.0 Å². The van der Waals surface area contributed by atoms with E-state index in [1.54, 1.807) is 0 Å². The normalized spacial score (nSPS) is 25.1. The van der Waals surface area contributed by atoms with Crippen molar-refractivity contribution in [2.75, 3.05) is 32.1 Å². The molecular formula is C16H26N2O. The average Bonchev–Trinajstić information content (AvgIpc) is 2.80. The average molecular weight is 262 g/mol. The van der Waals surface area contributed by atoms with Crippen molar-refractivity contribution >= 4 is 5.69 Å². The van der Waals surface area contributed by atoms with Crippen LogP contribution in [0.1, 0.15) is 31.9 Å². The van der Waals surface area contributed by atoms with Crippen LogP contribution < -0.4 is 4.90 Å². The third-order valence-corrected chi connectivity index (χ3v) is 4.26. The first kappa shape index (κ1) is 14.4. The van der Waals surface area contributed by atoms with Crippen molar-refractivity contribution in [3.8, 4) is 0 Å². The number of rotatable bonds is 4. The molecule has 3 nitrogen and oxygen atoms in total. The predicted octanol–water partition coefficient (Wildman–Crippen LogP) is 2.52. The molecule has 106 valence electrons. The molecule has 1 saturated heterocycles. The first-order chi connectivity index (χ1) is 9.04. The fourth-order valence-corrected chi connectivity index (χ4v) is 3.10. The van der Waals surface area contributed by atoms with Gasteiger partial charge >= 0.3 is 0 Å². The van der Waals surface area contributed by atoms with Crippen molar-refractivity contribution in [3.63, 3.8) is 0 Å². The summed E-state index contributed by atoms with van der Waals surface area (Å²) in [6, 6.07) is 8.86. The van der Waals surface area contributed by atoms with Crippen LogP contribution in [0, 0.1) is 5.92 Å². The van der Waals surface area contributed by atoms with Crippen molar-refractivity contribution in [2.24, 2.45) is 5.92 Å². The van der Waals surface area contributed by atoms with Gasteiger partial charge in [-0.1, -0.05) is 32.0 Å². The zero-order valence-electron chi connectivity index (χ0n) is 12.5. The lowest BCUT2D eigenvalue weighted by Crippen LogP contribution is -2.34. The molecule has 1 aromatic carbocycles. The Morgan fingerprint density at radius 3 is 2.58 bits per heavy atom. The molecular weight excluding hydrogens is 236 g/mol. The van der Waals surface area contributed by atoms with Gasteiger partial charge in [0.05, 0.1) is 6.10 Å². The molecule has 0 aromatic heterocycles. The Labute approximate surface area is 116 Å². The SMILES string of the molecule is CCC(O)c1ccccc1N1CC(C)C(N(C)C)C1. The van der Waals surface area contributed by atoms with E-state index >= 15 is 0 Å². The van der Waals surface area contributed by atoms with Gasteiger partial charge in [0.2, 0.25) is 0 Å². The summed E-state index contributed by atoms with van der Waals surface area (Å²) in [7, 11) is 4.30. The largest absolute Gasteiger partial charge is 0.388 e. The number of para-hydroxylation sites is 1. The van der Waals surface area contributed by atoms with Crippen LogP contribution in [0.3, 0.4) is 0 Å². The third-order valence-electron chi connectivity index (χ3n) is 4.26. The summed E-state index contributed by atoms with van der Waals surface area (Å²) in [5.74, 6) is 0.654. The molecule has 0 amide bonds. The van der Waals surface area contributed by atoms with Gasteiger partial charge in [0.1, 0.15) is 0 Å². The summed E-state index contributed by atoms with van der Waals surface area (Å²) in [4.78, 5) is 4.73. The number of likely N-dealkylation sites (N-methyl/N-ethyl adjacent to an activating group) is 1. The number of aliphatic hydroxyl groups excluding tert-OH is 1. The summed E-state index contributed by atoms with van der Waals surface area (Å²) in [5.41, 5.74) is 2.27. The van der Waals surface area contributed by atoms with Crippen LogP contribution in [0.4, 0.5) is 5.69 Å². The molecule has 19 heavy (non-hydrogen) atoms.